The van der Waals surface area contributed by atoms with Gasteiger partial charge in [-0.2, -0.15) is 5.26 Å². The molecule has 15 heavy (non-hydrogen) atoms. The first-order chi connectivity index (χ1) is 7.19. The number of nitriles is 1. The number of nitrogens with zero attached hydrogens (tertiary/aromatic N) is 2. The molecule has 1 heterocycles. The maximum absolute atomic E-state index is 8.93. The summed E-state index contributed by atoms with van der Waals surface area (Å²) in [5.41, 5.74) is 1.97. The second kappa shape index (κ2) is 5.41. The van der Waals surface area contributed by atoms with E-state index in [0.29, 0.717) is 5.92 Å². The van der Waals surface area contributed by atoms with E-state index in [0.717, 1.165) is 25.1 Å². The van der Waals surface area contributed by atoms with Crippen molar-refractivity contribution < 1.29 is 0 Å². The quantitative estimate of drug-likeness (QED) is 0.674. The van der Waals surface area contributed by atoms with Crippen molar-refractivity contribution in [3.8, 4) is 6.07 Å². The molecular weight excluding hydrogens is 184 g/mol. The molecule has 1 rings (SSSR count). The molecule has 0 atom stereocenters. The van der Waals surface area contributed by atoms with Gasteiger partial charge in [0.25, 0.3) is 0 Å². The number of aromatic nitrogens is 1. The van der Waals surface area contributed by atoms with Gasteiger partial charge in [-0.3, -0.25) is 0 Å². The second-order valence-corrected chi connectivity index (χ2v) is 4.15. The second-order valence-electron chi connectivity index (χ2n) is 4.15. The van der Waals surface area contributed by atoms with Crippen molar-refractivity contribution in [2.75, 3.05) is 0 Å². The molecule has 0 N–H and O–H groups in total. The van der Waals surface area contributed by atoms with Crippen molar-refractivity contribution in [3.63, 3.8) is 0 Å². The largest absolute Gasteiger partial charge is 0.333 e. The molecule has 1 aromatic rings. The van der Waals surface area contributed by atoms with E-state index in [-0.39, 0.29) is 0 Å². The Bertz CT molecular complexity index is 366. The fourth-order valence-corrected chi connectivity index (χ4v) is 1.61. The third kappa shape index (κ3) is 2.99. The Kier molecular flexibility index (Phi) is 4.17. The van der Waals surface area contributed by atoms with E-state index in [9.17, 15) is 0 Å². The zero-order valence-corrected chi connectivity index (χ0v) is 9.53. The first-order valence-electron chi connectivity index (χ1n) is 5.38. The average Bonchev–Trinajstić information content (AvgIpc) is 2.58. The Hall–Kier alpha value is -1.49. The van der Waals surface area contributed by atoms with Gasteiger partial charge < -0.3 is 4.57 Å². The van der Waals surface area contributed by atoms with Crippen molar-refractivity contribution in [2.45, 2.75) is 33.2 Å². The van der Waals surface area contributed by atoms with Gasteiger partial charge in [0.15, 0.2) is 0 Å². The first kappa shape index (κ1) is 11.6. The Balaban J connectivity index is 2.83. The maximum atomic E-state index is 8.93. The molecule has 2 nitrogen and oxygen atoms in total. The molecule has 0 amide bonds. The molecule has 0 aliphatic heterocycles. The van der Waals surface area contributed by atoms with Crippen molar-refractivity contribution in [1.29, 1.82) is 5.26 Å². The molecular formula is C13H18N2. The highest BCUT2D eigenvalue weighted by molar-refractivity contribution is 5.27. The van der Waals surface area contributed by atoms with E-state index in [1.165, 1.54) is 5.69 Å². The first-order valence-corrected chi connectivity index (χ1v) is 5.38. The van der Waals surface area contributed by atoms with Gasteiger partial charge in [-0.15, -0.1) is 6.58 Å². The Morgan fingerprint density at radius 3 is 2.80 bits per heavy atom. The van der Waals surface area contributed by atoms with Crippen molar-refractivity contribution in [2.24, 2.45) is 5.92 Å². The van der Waals surface area contributed by atoms with E-state index < -0.39 is 0 Å². The molecule has 0 fully saturated rings. The topological polar surface area (TPSA) is 28.7 Å². The Morgan fingerprint density at radius 2 is 2.27 bits per heavy atom. The number of allylic oxidation sites excluding steroid dienone is 1. The molecule has 0 spiro atoms. The summed E-state index contributed by atoms with van der Waals surface area (Å²) in [5.74, 6) is 0.697. The highest BCUT2D eigenvalue weighted by Gasteiger charge is 2.06. The van der Waals surface area contributed by atoms with Crippen LogP contribution < -0.4 is 0 Å². The van der Waals surface area contributed by atoms with Crippen LogP contribution in [0.15, 0.2) is 24.8 Å². The van der Waals surface area contributed by atoms with E-state index in [4.69, 9.17) is 5.26 Å². The van der Waals surface area contributed by atoms with Crippen LogP contribution in [0.3, 0.4) is 0 Å². The number of hydrogen-bond acceptors (Lipinski definition) is 1. The Labute approximate surface area is 91.8 Å². The van der Waals surface area contributed by atoms with Crippen LogP contribution in [0.4, 0.5) is 0 Å². The van der Waals surface area contributed by atoms with Crippen molar-refractivity contribution >= 4 is 0 Å². The SMILES string of the molecule is C=CCn1c(C#N)ccc1CCC(C)C. The third-order valence-corrected chi connectivity index (χ3v) is 2.48. The highest BCUT2D eigenvalue weighted by atomic mass is 15.0. The molecule has 2 heteroatoms. The fraction of sp³-hybridized carbons (Fsp3) is 0.462. The Morgan fingerprint density at radius 1 is 1.53 bits per heavy atom. The summed E-state index contributed by atoms with van der Waals surface area (Å²) in [6.45, 7) is 8.87. The van der Waals surface area contributed by atoms with Crippen LogP contribution in [0.1, 0.15) is 31.7 Å². The molecule has 0 aliphatic rings. The summed E-state index contributed by atoms with van der Waals surface area (Å²) in [6, 6.07) is 6.14. The van der Waals surface area contributed by atoms with Gasteiger partial charge in [0, 0.05) is 12.2 Å². The van der Waals surface area contributed by atoms with Crippen molar-refractivity contribution in [3.05, 3.63) is 36.2 Å². The normalized spacial score (nSPS) is 10.3. The molecule has 1 aromatic heterocycles. The molecule has 80 valence electrons. The van der Waals surface area contributed by atoms with Gasteiger partial charge in [0.2, 0.25) is 0 Å². The standard InChI is InChI=1S/C13H18N2/c1-4-9-15-12(6-5-11(2)3)7-8-13(15)10-14/h4,7-8,11H,1,5-6,9H2,2-3H3. The van der Waals surface area contributed by atoms with Crippen LogP contribution in [-0.4, -0.2) is 4.57 Å². The minimum Gasteiger partial charge on any atom is -0.333 e. The third-order valence-electron chi connectivity index (χ3n) is 2.48. The van der Waals surface area contributed by atoms with Gasteiger partial charge in [-0.25, -0.2) is 0 Å². The summed E-state index contributed by atoms with van der Waals surface area (Å²) >= 11 is 0. The van der Waals surface area contributed by atoms with Gasteiger partial charge in [-0.1, -0.05) is 19.9 Å². The minimum absolute atomic E-state index is 0.697. The number of aryl methyl sites for hydroxylation is 1. The maximum Gasteiger partial charge on any atom is 0.120 e. The van der Waals surface area contributed by atoms with Crippen LogP contribution in [-0.2, 0) is 13.0 Å². The lowest BCUT2D eigenvalue weighted by Gasteiger charge is -2.09. The highest BCUT2D eigenvalue weighted by Crippen LogP contribution is 2.13. The number of hydrogen-bond donors (Lipinski definition) is 0. The predicted octanol–water partition coefficient (Wildman–Crippen LogP) is 3.13. The van der Waals surface area contributed by atoms with E-state index in [2.05, 4.69) is 26.5 Å². The van der Waals surface area contributed by atoms with Crippen LogP contribution >= 0.6 is 0 Å². The zero-order valence-electron chi connectivity index (χ0n) is 9.53. The molecule has 0 aliphatic carbocycles. The molecule has 0 bridgehead atoms. The van der Waals surface area contributed by atoms with E-state index >= 15 is 0 Å². The summed E-state index contributed by atoms with van der Waals surface area (Å²) in [4.78, 5) is 0. The van der Waals surface area contributed by atoms with Gasteiger partial charge in [-0.05, 0) is 30.9 Å². The molecule has 0 saturated carbocycles. The summed E-state index contributed by atoms with van der Waals surface area (Å²) in [5, 5.41) is 8.93. The minimum atomic E-state index is 0.697. The zero-order chi connectivity index (χ0) is 11.3. The summed E-state index contributed by atoms with van der Waals surface area (Å²) < 4.78 is 2.04. The van der Waals surface area contributed by atoms with E-state index in [1.54, 1.807) is 0 Å². The monoisotopic (exact) mass is 202 g/mol. The lowest BCUT2D eigenvalue weighted by atomic mass is 10.1. The van der Waals surface area contributed by atoms with Crippen LogP contribution in [0.25, 0.3) is 0 Å². The smallest absolute Gasteiger partial charge is 0.120 e. The molecule has 0 saturated heterocycles. The lowest BCUT2D eigenvalue weighted by Crippen LogP contribution is -2.04. The molecule has 0 unspecified atom stereocenters. The summed E-state index contributed by atoms with van der Waals surface area (Å²) in [7, 11) is 0. The molecule has 0 radical (unpaired) electrons. The van der Waals surface area contributed by atoms with Crippen LogP contribution in [0.5, 0.6) is 0 Å². The van der Waals surface area contributed by atoms with E-state index in [1.807, 2.05) is 22.8 Å². The van der Waals surface area contributed by atoms with Crippen molar-refractivity contribution in [1.82, 2.24) is 4.57 Å². The lowest BCUT2D eigenvalue weighted by molar-refractivity contribution is 0.569. The van der Waals surface area contributed by atoms with Crippen LogP contribution in [0, 0.1) is 17.2 Å². The number of rotatable bonds is 5. The van der Waals surface area contributed by atoms with Gasteiger partial charge in [0.1, 0.15) is 11.8 Å². The average molecular weight is 202 g/mol. The van der Waals surface area contributed by atoms with Crippen LogP contribution in [0.2, 0.25) is 0 Å². The predicted molar refractivity (Wildman–Crippen MR) is 62.5 cm³/mol. The van der Waals surface area contributed by atoms with Gasteiger partial charge in [0.05, 0.1) is 0 Å². The fourth-order valence-electron chi connectivity index (χ4n) is 1.61. The molecule has 0 aromatic carbocycles. The summed E-state index contributed by atoms with van der Waals surface area (Å²) in [6.07, 6.45) is 4.03. The van der Waals surface area contributed by atoms with Gasteiger partial charge >= 0.3 is 0 Å².